The van der Waals surface area contributed by atoms with E-state index in [-0.39, 0.29) is 5.41 Å². The van der Waals surface area contributed by atoms with E-state index >= 15 is 0 Å². The van der Waals surface area contributed by atoms with Gasteiger partial charge in [-0.1, -0.05) is 13.8 Å². The van der Waals surface area contributed by atoms with Gasteiger partial charge in [0, 0.05) is 26.1 Å². The van der Waals surface area contributed by atoms with Crippen LogP contribution >= 0.6 is 0 Å². The first-order chi connectivity index (χ1) is 8.00. The molecule has 98 valence electrons. The Morgan fingerprint density at radius 1 is 1.35 bits per heavy atom. The Labute approximate surface area is 103 Å². The van der Waals surface area contributed by atoms with Gasteiger partial charge in [-0.15, -0.1) is 0 Å². The number of morpholine rings is 1. The predicted molar refractivity (Wildman–Crippen MR) is 64.9 cm³/mol. The molecule has 1 aliphatic heterocycles. The van der Waals surface area contributed by atoms with Gasteiger partial charge in [0.15, 0.2) is 0 Å². The van der Waals surface area contributed by atoms with E-state index in [0.29, 0.717) is 18.3 Å². The van der Waals surface area contributed by atoms with Crippen molar-refractivity contribution in [2.45, 2.75) is 26.7 Å². The zero-order valence-electron chi connectivity index (χ0n) is 10.8. The topological polar surface area (TPSA) is 49.8 Å². The van der Waals surface area contributed by atoms with Crippen molar-refractivity contribution in [3.63, 3.8) is 0 Å². The van der Waals surface area contributed by atoms with Crippen LogP contribution in [-0.4, -0.2) is 48.8 Å². The average Bonchev–Trinajstić information content (AvgIpc) is 2.28. The number of carboxylic acids is 1. The fourth-order valence-electron chi connectivity index (χ4n) is 3.09. The molecule has 0 aromatic heterocycles. The summed E-state index contributed by atoms with van der Waals surface area (Å²) in [5.74, 6) is 0.337. The summed E-state index contributed by atoms with van der Waals surface area (Å²) in [7, 11) is 0. The minimum Gasteiger partial charge on any atom is -0.481 e. The van der Waals surface area contributed by atoms with E-state index in [0.717, 1.165) is 39.3 Å². The highest BCUT2D eigenvalue weighted by atomic mass is 16.5. The number of rotatable bonds is 4. The van der Waals surface area contributed by atoms with Crippen LogP contribution in [-0.2, 0) is 9.53 Å². The molecule has 17 heavy (non-hydrogen) atoms. The number of ether oxygens (including phenoxy) is 1. The first-order valence-electron chi connectivity index (χ1n) is 6.52. The third kappa shape index (κ3) is 2.80. The van der Waals surface area contributed by atoms with Crippen molar-refractivity contribution in [1.29, 1.82) is 0 Å². The van der Waals surface area contributed by atoms with Gasteiger partial charge in [0.05, 0.1) is 13.2 Å². The van der Waals surface area contributed by atoms with E-state index < -0.39 is 5.97 Å². The Bertz CT molecular complexity index is 284. The molecule has 0 radical (unpaired) electrons. The summed E-state index contributed by atoms with van der Waals surface area (Å²) in [5.41, 5.74) is 0.177. The Hall–Kier alpha value is -0.610. The zero-order valence-corrected chi connectivity index (χ0v) is 10.8. The van der Waals surface area contributed by atoms with Crippen molar-refractivity contribution >= 4 is 5.97 Å². The van der Waals surface area contributed by atoms with Crippen LogP contribution in [0.1, 0.15) is 26.7 Å². The lowest BCUT2D eigenvalue weighted by Gasteiger charge is -2.53. The van der Waals surface area contributed by atoms with Gasteiger partial charge in [-0.3, -0.25) is 9.69 Å². The van der Waals surface area contributed by atoms with E-state index in [2.05, 4.69) is 18.7 Å². The lowest BCUT2D eigenvalue weighted by molar-refractivity contribution is -0.144. The van der Waals surface area contributed by atoms with Crippen molar-refractivity contribution in [3.05, 3.63) is 0 Å². The summed E-state index contributed by atoms with van der Waals surface area (Å²) in [6, 6.07) is 0. The maximum absolute atomic E-state index is 10.8. The molecular formula is C13H23NO3. The molecule has 0 unspecified atom stereocenters. The monoisotopic (exact) mass is 241 g/mol. The molecular weight excluding hydrogens is 218 g/mol. The maximum Gasteiger partial charge on any atom is 0.303 e. The SMILES string of the molecule is CC1(C)[C@H](CC(=O)O)C[C@@H]1CN1CCOCC1. The Morgan fingerprint density at radius 2 is 2.00 bits per heavy atom. The molecule has 1 aliphatic carbocycles. The van der Waals surface area contributed by atoms with Gasteiger partial charge in [-0.2, -0.15) is 0 Å². The number of aliphatic carboxylic acids is 1. The quantitative estimate of drug-likeness (QED) is 0.809. The molecule has 0 aromatic rings. The number of carbonyl (C=O) groups is 1. The van der Waals surface area contributed by atoms with Crippen LogP contribution in [0.4, 0.5) is 0 Å². The van der Waals surface area contributed by atoms with Crippen LogP contribution in [0.15, 0.2) is 0 Å². The largest absolute Gasteiger partial charge is 0.481 e. The van der Waals surface area contributed by atoms with Crippen LogP contribution in [0.5, 0.6) is 0 Å². The van der Waals surface area contributed by atoms with E-state index in [1.807, 2.05) is 0 Å². The van der Waals surface area contributed by atoms with Crippen LogP contribution in [0.3, 0.4) is 0 Å². The molecule has 0 spiro atoms. The van der Waals surface area contributed by atoms with Crippen molar-refractivity contribution in [2.24, 2.45) is 17.3 Å². The molecule has 0 bridgehead atoms. The summed E-state index contributed by atoms with van der Waals surface area (Å²) in [5, 5.41) is 8.86. The molecule has 4 nitrogen and oxygen atoms in total. The predicted octanol–water partition coefficient (Wildman–Crippen LogP) is 1.46. The molecule has 2 atom stereocenters. The van der Waals surface area contributed by atoms with Crippen LogP contribution in [0.25, 0.3) is 0 Å². The van der Waals surface area contributed by atoms with Crippen molar-refractivity contribution < 1.29 is 14.6 Å². The normalized spacial score (nSPS) is 33.1. The summed E-state index contributed by atoms with van der Waals surface area (Å²) < 4.78 is 5.34. The van der Waals surface area contributed by atoms with Gasteiger partial charge in [0.25, 0.3) is 0 Å². The second kappa shape index (κ2) is 4.94. The second-order valence-corrected chi connectivity index (χ2v) is 5.96. The molecule has 2 fully saturated rings. The first kappa shape index (κ1) is 12.8. The first-order valence-corrected chi connectivity index (χ1v) is 6.52. The standard InChI is InChI=1S/C13H23NO3/c1-13(2)10(8-12(15)16)7-11(13)9-14-3-5-17-6-4-14/h10-11H,3-9H2,1-2H3,(H,15,16)/t10-,11+/m0/s1. The average molecular weight is 241 g/mol. The lowest BCUT2D eigenvalue weighted by Crippen LogP contribution is -2.52. The molecule has 2 aliphatic rings. The Morgan fingerprint density at radius 3 is 2.53 bits per heavy atom. The lowest BCUT2D eigenvalue weighted by atomic mass is 9.53. The smallest absolute Gasteiger partial charge is 0.303 e. The minimum atomic E-state index is -0.659. The van der Waals surface area contributed by atoms with Gasteiger partial charge in [0.1, 0.15) is 0 Å². The van der Waals surface area contributed by atoms with E-state index in [4.69, 9.17) is 9.84 Å². The summed E-state index contributed by atoms with van der Waals surface area (Å²) in [6.07, 6.45) is 1.39. The molecule has 1 saturated carbocycles. The van der Waals surface area contributed by atoms with E-state index in [1.54, 1.807) is 0 Å². The van der Waals surface area contributed by atoms with E-state index in [1.165, 1.54) is 0 Å². The fourth-order valence-corrected chi connectivity index (χ4v) is 3.09. The number of hydrogen-bond acceptors (Lipinski definition) is 3. The van der Waals surface area contributed by atoms with E-state index in [9.17, 15) is 4.79 Å². The van der Waals surface area contributed by atoms with Crippen molar-refractivity contribution in [3.8, 4) is 0 Å². The van der Waals surface area contributed by atoms with Crippen molar-refractivity contribution in [2.75, 3.05) is 32.8 Å². The zero-order chi connectivity index (χ0) is 12.5. The Kier molecular flexibility index (Phi) is 3.73. The van der Waals surface area contributed by atoms with Crippen LogP contribution in [0.2, 0.25) is 0 Å². The van der Waals surface area contributed by atoms with Gasteiger partial charge in [0.2, 0.25) is 0 Å². The molecule has 1 N–H and O–H groups in total. The summed E-state index contributed by atoms with van der Waals surface area (Å²) >= 11 is 0. The summed E-state index contributed by atoms with van der Waals surface area (Å²) in [4.78, 5) is 13.2. The van der Waals surface area contributed by atoms with Crippen LogP contribution in [0, 0.1) is 17.3 Å². The molecule has 2 rings (SSSR count). The molecule has 0 amide bonds. The molecule has 1 heterocycles. The van der Waals surface area contributed by atoms with Crippen molar-refractivity contribution in [1.82, 2.24) is 4.90 Å². The Balaban J connectivity index is 1.81. The molecule has 1 saturated heterocycles. The summed E-state index contributed by atoms with van der Waals surface area (Å²) in [6.45, 7) is 9.26. The highest BCUT2D eigenvalue weighted by molar-refractivity contribution is 5.67. The van der Waals surface area contributed by atoms with Crippen LogP contribution < -0.4 is 0 Å². The van der Waals surface area contributed by atoms with Gasteiger partial charge in [-0.25, -0.2) is 0 Å². The third-order valence-corrected chi connectivity index (χ3v) is 4.68. The number of carboxylic acid groups (broad SMARTS) is 1. The highest BCUT2D eigenvalue weighted by Crippen LogP contribution is 2.53. The minimum absolute atomic E-state index is 0.177. The van der Waals surface area contributed by atoms with Gasteiger partial charge < -0.3 is 9.84 Å². The third-order valence-electron chi connectivity index (χ3n) is 4.68. The molecule has 0 aromatic carbocycles. The number of nitrogens with zero attached hydrogens (tertiary/aromatic N) is 1. The fraction of sp³-hybridized carbons (Fsp3) is 0.923. The van der Waals surface area contributed by atoms with Gasteiger partial charge >= 0.3 is 5.97 Å². The van der Waals surface area contributed by atoms with Gasteiger partial charge in [-0.05, 0) is 23.7 Å². The highest BCUT2D eigenvalue weighted by Gasteiger charge is 2.48. The molecule has 4 heteroatoms. The maximum atomic E-state index is 10.8. The second-order valence-electron chi connectivity index (χ2n) is 5.96. The number of hydrogen-bond donors (Lipinski definition) is 1.